The molecule has 0 amide bonds. The Balaban J connectivity index is 1.17. The van der Waals surface area contributed by atoms with E-state index in [1.165, 1.54) is 0 Å². The first kappa shape index (κ1) is 46.4. The summed E-state index contributed by atoms with van der Waals surface area (Å²) in [7, 11) is 0. The van der Waals surface area contributed by atoms with Crippen molar-refractivity contribution in [2.45, 2.75) is 11.2 Å². The quantitative estimate of drug-likeness (QED) is 0.0966. The summed E-state index contributed by atoms with van der Waals surface area (Å²) >= 11 is 79.8. The number of carbonyl (C=O) groups is 4. The van der Waals surface area contributed by atoms with Gasteiger partial charge in [-0.25, -0.2) is 19.2 Å². The molecule has 0 aromatic heterocycles. The highest BCUT2D eigenvalue weighted by Crippen LogP contribution is 2.66. The van der Waals surface area contributed by atoms with E-state index in [0.29, 0.717) is 0 Å². The molecule has 2 spiro atoms. The number of carboxylic acid groups (broad SMARTS) is 1. The number of aromatic hydroxyl groups is 3. The van der Waals surface area contributed by atoms with Gasteiger partial charge >= 0.3 is 23.9 Å². The van der Waals surface area contributed by atoms with Crippen molar-refractivity contribution in [1.29, 1.82) is 0 Å². The van der Waals surface area contributed by atoms with Gasteiger partial charge in [0.25, 0.3) is 0 Å². The maximum atomic E-state index is 14.5. The molecule has 1 unspecified atom stereocenters. The highest BCUT2D eigenvalue weighted by Gasteiger charge is 2.60. The molecule has 1 atom stereocenters. The smallest absolute Gasteiger partial charge is 0.345 e. The highest BCUT2D eigenvalue weighted by molar-refractivity contribution is 6.43. The van der Waals surface area contributed by atoms with E-state index in [1.807, 2.05) is 0 Å². The molecule has 6 aromatic carbocycles. The van der Waals surface area contributed by atoms with Gasteiger partial charge in [0, 0.05) is 11.1 Å². The Morgan fingerprint density at radius 3 is 1.33 bits per heavy atom. The van der Waals surface area contributed by atoms with E-state index in [1.54, 1.807) is 0 Å². The Bertz CT molecular complexity index is 3400. The van der Waals surface area contributed by atoms with Gasteiger partial charge in [-0.05, 0) is 36.4 Å². The average molecular weight is 1150 g/mol. The lowest BCUT2D eigenvalue weighted by Gasteiger charge is -2.38. The Morgan fingerprint density at radius 1 is 0.463 bits per heavy atom. The van der Waals surface area contributed by atoms with Crippen LogP contribution >= 0.6 is 139 Å². The van der Waals surface area contributed by atoms with Crippen LogP contribution in [0.1, 0.15) is 74.8 Å². The molecule has 0 bridgehead atoms. The number of hydrogen-bond acceptors (Lipinski definition) is 12. The van der Waals surface area contributed by atoms with Crippen molar-refractivity contribution in [2.24, 2.45) is 0 Å². The number of rotatable bonds is 3. The first-order chi connectivity index (χ1) is 31.5. The monoisotopic (exact) mass is 1140 g/mol. The molecule has 13 nitrogen and oxygen atoms in total. The van der Waals surface area contributed by atoms with Gasteiger partial charge in [0.2, 0.25) is 0 Å². The third-order valence-corrected chi connectivity index (χ3v) is 15.1. The second-order valence-corrected chi connectivity index (χ2v) is 19.3. The van der Waals surface area contributed by atoms with Gasteiger partial charge < -0.3 is 44.1 Å². The van der Waals surface area contributed by atoms with E-state index < -0.39 is 126 Å². The van der Waals surface area contributed by atoms with Crippen LogP contribution < -0.4 is 14.2 Å². The predicted molar refractivity (Wildman–Crippen MR) is 246 cm³/mol. The Kier molecular flexibility index (Phi) is 10.8. The van der Waals surface area contributed by atoms with E-state index >= 15 is 0 Å². The molecule has 0 saturated carbocycles. The molecule has 0 radical (unpaired) electrons. The van der Waals surface area contributed by atoms with E-state index in [-0.39, 0.29) is 70.5 Å². The highest BCUT2D eigenvalue weighted by atomic mass is 35.5. The molecule has 0 aliphatic carbocycles. The van der Waals surface area contributed by atoms with Gasteiger partial charge in [-0.3, -0.25) is 0 Å². The average Bonchev–Trinajstić information content (AvgIpc) is 3.76. The summed E-state index contributed by atoms with van der Waals surface area (Å²) in [4.78, 5) is 54.4. The van der Waals surface area contributed by atoms with Crippen LogP contribution in [0.3, 0.4) is 0 Å². The summed E-state index contributed by atoms with van der Waals surface area (Å²) < 4.78 is 30.1. The van der Waals surface area contributed by atoms with E-state index in [0.717, 1.165) is 36.4 Å². The third-order valence-electron chi connectivity index (χ3n) is 11.2. The summed E-state index contributed by atoms with van der Waals surface area (Å²) in [5.74, 6) is -9.39. The van der Waals surface area contributed by atoms with Crippen molar-refractivity contribution in [2.75, 3.05) is 0 Å². The van der Waals surface area contributed by atoms with Gasteiger partial charge in [0.15, 0.2) is 57.2 Å². The molecule has 6 aromatic rings. The number of esters is 3. The first-order valence-corrected chi connectivity index (χ1v) is 22.5. The number of hydrogen-bond donors (Lipinski definition) is 4. The first-order valence-electron chi connectivity index (χ1n) is 18.0. The number of carboxylic acids is 1. The number of fused-ring (bicyclic) bond motifs is 12. The Hall–Kier alpha value is -4.32. The lowest BCUT2D eigenvalue weighted by Crippen LogP contribution is -2.34. The molecule has 0 fully saturated rings. The minimum absolute atomic E-state index is 0.157. The van der Waals surface area contributed by atoms with Crippen LogP contribution in [0.2, 0.25) is 60.3 Å². The molecule has 25 heteroatoms. The summed E-state index contributed by atoms with van der Waals surface area (Å²) in [6, 6.07) is 6.47. The number of benzene rings is 6. The maximum Gasteiger partial charge on any atom is 0.345 e. The number of aromatic carboxylic acids is 1. The minimum atomic E-state index is -2.33. The van der Waals surface area contributed by atoms with Crippen molar-refractivity contribution in [3.05, 3.63) is 152 Å². The van der Waals surface area contributed by atoms with Crippen LogP contribution in [0, 0.1) is 0 Å². The fourth-order valence-corrected chi connectivity index (χ4v) is 11.7. The van der Waals surface area contributed by atoms with Gasteiger partial charge in [0.05, 0.1) is 84.7 Å². The molecule has 340 valence electrons. The normalized spacial score (nSPS) is 16.5. The molecular formula is C42H10Cl12O13. The van der Waals surface area contributed by atoms with Crippen molar-refractivity contribution < 1.29 is 63.3 Å². The number of ether oxygens (including phenoxy) is 5. The SMILES string of the molecule is O=C(O)c1cc(Cl)c2c(c1Cl)C(=O)OC21c2cc(Cl)c(O)c(Cl)c2Oc2c1cc(Cl)c(OC(=O)c1cc(Cl)c3c(c1Cl)C1(OC3=O)c3cc(Cl)c(O)c(Cl)c3Oc3c1cc(Cl)c(O)c3Cl)c2Cl. The summed E-state index contributed by atoms with van der Waals surface area (Å²) in [6.45, 7) is 0. The largest absolute Gasteiger partial charge is 0.505 e. The van der Waals surface area contributed by atoms with Crippen molar-refractivity contribution in [1.82, 2.24) is 0 Å². The molecule has 4 heterocycles. The lowest BCUT2D eigenvalue weighted by molar-refractivity contribution is 0.0214. The summed E-state index contributed by atoms with van der Waals surface area (Å²) in [6.07, 6.45) is 0. The van der Waals surface area contributed by atoms with Crippen LogP contribution in [-0.2, 0) is 20.7 Å². The van der Waals surface area contributed by atoms with Gasteiger partial charge in [-0.15, -0.1) is 0 Å². The summed E-state index contributed by atoms with van der Waals surface area (Å²) in [5.41, 5.74) is -7.87. The molecule has 67 heavy (non-hydrogen) atoms. The Morgan fingerprint density at radius 2 is 0.866 bits per heavy atom. The van der Waals surface area contributed by atoms with Gasteiger partial charge in [0.1, 0.15) is 20.1 Å². The van der Waals surface area contributed by atoms with Crippen LogP contribution in [0.25, 0.3) is 0 Å². The molecule has 0 saturated heterocycles. The minimum Gasteiger partial charge on any atom is -0.505 e. The van der Waals surface area contributed by atoms with Crippen molar-refractivity contribution in [3.63, 3.8) is 0 Å². The van der Waals surface area contributed by atoms with E-state index in [2.05, 4.69) is 0 Å². The molecule has 10 rings (SSSR count). The Labute approximate surface area is 432 Å². The second kappa shape index (κ2) is 15.6. The zero-order chi connectivity index (χ0) is 48.4. The van der Waals surface area contributed by atoms with Crippen LogP contribution in [0.5, 0.6) is 46.0 Å². The van der Waals surface area contributed by atoms with Crippen LogP contribution in [0.15, 0.2) is 36.4 Å². The number of phenolic OH excluding ortho intramolecular Hbond substituents is 3. The molecule has 4 N–H and O–H groups in total. The zero-order valence-electron chi connectivity index (χ0n) is 31.5. The number of carbonyl (C=O) groups excluding carboxylic acids is 3. The third kappa shape index (κ3) is 6.11. The topological polar surface area (TPSA) is 195 Å². The van der Waals surface area contributed by atoms with Crippen LogP contribution in [0.4, 0.5) is 0 Å². The molecule has 4 aliphatic heterocycles. The predicted octanol–water partition coefficient (Wildman–Crippen LogP) is 14.7. The molecular weight excluding hydrogens is 1140 g/mol. The fraction of sp³-hybridized carbons (Fsp3) is 0.0476. The zero-order valence-corrected chi connectivity index (χ0v) is 40.5. The number of halogens is 12. The fourth-order valence-electron chi connectivity index (χ4n) is 8.40. The van der Waals surface area contributed by atoms with E-state index in [4.69, 9.17) is 163 Å². The maximum absolute atomic E-state index is 14.5. The lowest BCUT2D eigenvalue weighted by atomic mass is 9.77. The number of phenols is 3. The van der Waals surface area contributed by atoms with Gasteiger partial charge in [-0.2, -0.15) is 0 Å². The molecule has 4 aliphatic rings. The van der Waals surface area contributed by atoms with Gasteiger partial charge in [-0.1, -0.05) is 139 Å². The van der Waals surface area contributed by atoms with Crippen molar-refractivity contribution >= 4 is 163 Å². The van der Waals surface area contributed by atoms with Crippen LogP contribution in [-0.4, -0.2) is 44.3 Å². The van der Waals surface area contributed by atoms with Crippen molar-refractivity contribution in [3.8, 4) is 46.0 Å². The summed E-state index contributed by atoms with van der Waals surface area (Å²) in [5, 5.41) is 36.6. The van der Waals surface area contributed by atoms with E-state index in [9.17, 15) is 39.6 Å². The standard InChI is InChI=1S/C42H10Cl12O13/c43-13-2-8(24(50)22-19(13)39(61)66-42(22)10-4-16(46)30(56)26(52)33(10)63-34-11(42)5-17(47)31(57)27(34)53)38(60)65-36-18(48)6-12-35(28(36)54)64-32-9(3-15(45)29(55)25(32)51)41(12)21-14(44)1-7(37(58)59)23(49)20(21)40(62)67-41/h1-6,55-57H,(H,58,59). The second-order valence-electron chi connectivity index (χ2n) is 14.6.